The van der Waals surface area contributed by atoms with Gasteiger partial charge in [0, 0.05) is 0 Å². The van der Waals surface area contributed by atoms with Crippen LogP contribution in [0.1, 0.15) is 16.9 Å². The molecule has 0 bridgehead atoms. The maximum atomic E-state index is 5.22. The third kappa shape index (κ3) is 2.26. The van der Waals surface area contributed by atoms with Crippen LogP contribution >= 0.6 is 0 Å². The Balaban J connectivity index is 2.27. The van der Waals surface area contributed by atoms with E-state index in [1.807, 2.05) is 48.6 Å². The first-order valence-electron chi connectivity index (χ1n) is 4.83. The van der Waals surface area contributed by atoms with Crippen LogP contribution in [0.4, 0.5) is 0 Å². The van der Waals surface area contributed by atoms with Crippen LogP contribution in [0.2, 0.25) is 0 Å². The van der Waals surface area contributed by atoms with Crippen molar-refractivity contribution in [3.63, 3.8) is 0 Å². The molecule has 0 saturated heterocycles. The Morgan fingerprint density at radius 3 is 2.40 bits per heavy atom. The molecule has 1 heteroatoms. The minimum Gasteiger partial charge on any atom is -0.465 e. The van der Waals surface area contributed by atoms with Gasteiger partial charge in [-0.15, -0.1) is 0 Å². The highest BCUT2D eigenvalue weighted by Crippen LogP contribution is 2.14. The molecule has 1 aromatic heterocycles. The highest BCUT2D eigenvalue weighted by molar-refractivity contribution is 5.73. The third-order valence-electron chi connectivity index (χ3n) is 2.19. The summed E-state index contributed by atoms with van der Waals surface area (Å²) in [4.78, 5) is 0. The van der Waals surface area contributed by atoms with Crippen LogP contribution in [0.25, 0.3) is 18.2 Å². The van der Waals surface area contributed by atoms with Crippen molar-refractivity contribution in [1.82, 2.24) is 0 Å². The molecule has 0 saturated carbocycles. The van der Waals surface area contributed by atoms with Crippen LogP contribution in [-0.2, 0) is 0 Å². The van der Waals surface area contributed by atoms with Gasteiger partial charge in [-0.05, 0) is 29.3 Å². The Hall–Kier alpha value is -2.02. The second kappa shape index (κ2) is 4.47. The van der Waals surface area contributed by atoms with Gasteiger partial charge in [0.05, 0.1) is 6.26 Å². The molecule has 0 atom stereocenters. The van der Waals surface area contributed by atoms with Crippen molar-refractivity contribution in [1.29, 1.82) is 0 Å². The second-order valence-corrected chi connectivity index (χ2v) is 3.18. The molecule has 0 unspecified atom stereocenters. The number of furan rings is 1. The van der Waals surface area contributed by atoms with E-state index in [-0.39, 0.29) is 0 Å². The molecule has 0 aliphatic heterocycles. The molecule has 0 fully saturated rings. The maximum Gasteiger partial charge on any atom is 0.126 e. The zero-order chi connectivity index (χ0) is 10.5. The minimum atomic E-state index is 0.855. The third-order valence-corrected chi connectivity index (χ3v) is 2.19. The lowest BCUT2D eigenvalue weighted by atomic mass is 10.1. The van der Waals surface area contributed by atoms with E-state index in [0.717, 1.165) is 16.9 Å². The van der Waals surface area contributed by atoms with Crippen LogP contribution in [0.3, 0.4) is 0 Å². The first kappa shape index (κ1) is 9.53. The quantitative estimate of drug-likeness (QED) is 0.720. The molecule has 0 aliphatic carbocycles. The van der Waals surface area contributed by atoms with E-state index in [0.29, 0.717) is 0 Å². The molecule has 0 aliphatic rings. The van der Waals surface area contributed by atoms with Crippen molar-refractivity contribution in [2.24, 2.45) is 0 Å². The number of hydrogen-bond acceptors (Lipinski definition) is 1. The Kier molecular flexibility index (Phi) is 2.84. The normalized spacial score (nSPS) is 10.7. The highest BCUT2D eigenvalue weighted by Gasteiger charge is 1.93. The Bertz CT molecular complexity index is 464. The van der Waals surface area contributed by atoms with Gasteiger partial charge < -0.3 is 4.42 Å². The first-order chi connectivity index (χ1) is 7.40. The smallest absolute Gasteiger partial charge is 0.126 e. The molecule has 15 heavy (non-hydrogen) atoms. The van der Waals surface area contributed by atoms with Gasteiger partial charge in [-0.1, -0.05) is 43.0 Å². The van der Waals surface area contributed by atoms with Gasteiger partial charge in [0.1, 0.15) is 5.76 Å². The van der Waals surface area contributed by atoms with Crippen LogP contribution in [0.15, 0.2) is 53.7 Å². The van der Waals surface area contributed by atoms with Crippen molar-refractivity contribution >= 4 is 18.2 Å². The van der Waals surface area contributed by atoms with Crippen LogP contribution in [0.5, 0.6) is 0 Å². The molecule has 1 nitrogen and oxygen atoms in total. The summed E-state index contributed by atoms with van der Waals surface area (Å²) in [6.45, 7) is 3.78. The van der Waals surface area contributed by atoms with Gasteiger partial charge in [0.2, 0.25) is 0 Å². The summed E-state index contributed by atoms with van der Waals surface area (Å²) in [5.74, 6) is 0.855. The average molecular weight is 196 g/mol. The van der Waals surface area contributed by atoms with Gasteiger partial charge in [-0.25, -0.2) is 0 Å². The van der Waals surface area contributed by atoms with E-state index < -0.39 is 0 Å². The summed E-state index contributed by atoms with van der Waals surface area (Å²) in [6, 6.07) is 11.9. The lowest BCUT2D eigenvalue weighted by molar-refractivity contribution is 0.557. The van der Waals surface area contributed by atoms with Crippen molar-refractivity contribution < 1.29 is 4.42 Å². The fraction of sp³-hybridized carbons (Fsp3) is 0. The van der Waals surface area contributed by atoms with E-state index in [1.54, 1.807) is 6.26 Å². The van der Waals surface area contributed by atoms with Gasteiger partial charge in [-0.3, -0.25) is 0 Å². The van der Waals surface area contributed by atoms with Crippen molar-refractivity contribution in [3.8, 4) is 0 Å². The summed E-state index contributed by atoms with van der Waals surface area (Å²) in [6.07, 6.45) is 7.49. The average Bonchev–Trinajstić information content (AvgIpc) is 2.79. The van der Waals surface area contributed by atoms with Crippen molar-refractivity contribution in [2.45, 2.75) is 0 Å². The molecule has 2 aromatic rings. The Labute approximate surface area is 89.4 Å². The van der Waals surface area contributed by atoms with Crippen LogP contribution < -0.4 is 0 Å². The molecule has 2 rings (SSSR count). The van der Waals surface area contributed by atoms with E-state index in [2.05, 4.69) is 12.6 Å². The molecule has 1 heterocycles. The molecule has 0 spiro atoms. The van der Waals surface area contributed by atoms with Crippen molar-refractivity contribution in [2.75, 3.05) is 0 Å². The summed E-state index contributed by atoms with van der Waals surface area (Å²) in [5, 5.41) is 0. The number of hydrogen-bond donors (Lipinski definition) is 0. The molecule has 1 aromatic carbocycles. The van der Waals surface area contributed by atoms with Gasteiger partial charge >= 0.3 is 0 Å². The SMILES string of the molecule is C=Cc1ccccc1C=Cc1ccco1. The number of rotatable bonds is 3. The zero-order valence-electron chi connectivity index (χ0n) is 8.39. The van der Waals surface area contributed by atoms with Crippen molar-refractivity contribution in [3.05, 3.63) is 66.1 Å². The molecular formula is C14H12O. The standard InChI is InChI=1S/C14H12O/c1-2-12-6-3-4-7-13(12)9-10-14-8-5-11-15-14/h2-11H,1H2. The highest BCUT2D eigenvalue weighted by atomic mass is 16.3. The Morgan fingerprint density at radius 2 is 1.73 bits per heavy atom. The lowest BCUT2D eigenvalue weighted by Crippen LogP contribution is -1.77. The topological polar surface area (TPSA) is 13.1 Å². The van der Waals surface area contributed by atoms with Crippen LogP contribution in [0, 0.1) is 0 Å². The van der Waals surface area contributed by atoms with E-state index >= 15 is 0 Å². The van der Waals surface area contributed by atoms with E-state index in [1.165, 1.54) is 0 Å². The van der Waals surface area contributed by atoms with Gasteiger partial charge in [-0.2, -0.15) is 0 Å². The summed E-state index contributed by atoms with van der Waals surface area (Å²) < 4.78 is 5.22. The lowest BCUT2D eigenvalue weighted by Gasteiger charge is -1.98. The maximum absolute atomic E-state index is 5.22. The molecule has 74 valence electrons. The monoisotopic (exact) mass is 196 g/mol. The predicted molar refractivity (Wildman–Crippen MR) is 64.2 cm³/mol. The van der Waals surface area contributed by atoms with Gasteiger partial charge in [0.25, 0.3) is 0 Å². The molecular weight excluding hydrogens is 184 g/mol. The second-order valence-electron chi connectivity index (χ2n) is 3.18. The number of benzene rings is 1. The fourth-order valence-corrected chi connectivity index (χ4v) is 1.41. The summed E-state index contributed by atoms with van der Waals surface area (Å²) in [5.41, 5.74) is 2.27. The summed E-state index contributed by atoms with van der Waals surface area (Å²) in [7, 11) is 0. The zero-order valence-corrected chi connectivity index (χ0v) is 8.39. The first-order valence-corrected chi connectivity index (χ1v) is 4.83. The van der Waals surface area contributed by atoms with Gasteiger partial charge in [0.15, 0.2) is 0 Å². The molecule has 0 radical (unpaired) electrons. The predicted octanol–water partition coefficient (Wildman–Crippen LogP) is 4.09. The summed E-state index contributed by atoms with van der Waals surface area (Å²) >= 11 is 0. The van der Waals surface area contributed by atoms with E-state index in [4.69, 9.17) is 4.42 Å². The fourth-order valence-electron chi connectivity index (χ4n) is 1.41. The molecule has 0 amide bonds. The molecule has 0 N–H and O–H groups in total. The Morgan fingerprint density at radius 1 is 0.933 bits per heavy atom. The minimum absolute atomic E-state index is 0.855. The van der Waals surface area contributed by atoms with E-state index in [9.17, 15) is 0 Å². The largest absolute Gasteiger partial charge is 0.465 e. The van der Waals surface area contributed by atoms with Crippen LogP contribution in [-0.4, -0.2) is 0 Å².